The number of benzene rings is 2. The van der Waals surface area contributed by atoms with Crippen LogP contribution in [0.5, 0.6) is 0 Å². The number of ketones is 1. The predicted molar refractivity (Wildman–Crippen MR) is 116 cm³/mol. The van der Waals surface area contributed by atoms with Crippen LogP contribution in [0, 0.1) is 5.41 Å². The van der Waals surface area contributed by atoms with Gasteiger partial charge in [0.05, 0.1) is 10.6 Å². The van der Waals surface area contributed by atoms with Crippen molar-refractivity contribution in [1.82, 2.24) is 0 Å². The summed E-state index contributed by atoms with van der Waals surface area (Å²) in [5, 5.41) is 0. The molecule has 2 aromatic carbocycles. The van der Waals surface area contributed by atoms with Gasteiger partial charge in [-0.2, -0.15) is 0 Å². The molecule has 0 saturated carbocycles. The lowest BCUT2D eigenvalue weighted by Crippen LogP contribution is -2.29. The summed E-state index contributed by atoms with van der Waals surface area (Å²) in [7, 11) is -3.65. The van der Waals surface area contributed by atoms with Gasteiger partial charge in [-0.1, -0.05) is 51.1 Å². The molecule has 0 bridgehead atoms. The number of hydrogen-bond acceptors (Lipinski definition) is 5. The minimum Gasteiger partial charge on any atom is -0.455 e. The molecule has 2 aromatic rings. The fourth-order valence-corrected chi connectivity index (χ4v) is 4.50. The molecule has 1 aliphatic heterocycles. The first-order valence-corrected chi connectivity index (χ1v) is 11.1. The number of rotatable bonds is 6. The van der Waals surface area contributed by atoms with Gasteiger partial charge in [0.25, 0.3) is 10.0 Å². The number of ether oxygens (including phenoxy) is 1. The average Bonchev–Trinajstić information content (AvgIpc) is 3.15. The summed E-state index contributed by atoms with van der Waals surface area (Å²) in [5.74, 6) is -0.791. The standard InChI is InChI=1S/C23H25NO5S/c1-23(2,3)21(25)16-29-22(26)13-10-17-8-11-19(12-9-17)30(27,28)24-15-14-18-6-4-5-7-20(18)24/h4-13H,14-16H2,1-3H3/b13-10+. The summed E-state index contributed by atoms with van der Waals surface area (Å²) in [6.45, 7) is 5.42. The van der Waals surface area contributed by atoms with Crippen LogP contribution in [-0.2, 0) is 30.8 Å². The summed E-state index contributed by atoms with van der Waals surface area (Å²) in [6, 6.07) is 13.8. The molecule has 30 heavy (non-hydrogen) atoms. The zero-order valence-electron chi connectivity index (χ0n) is 17.3. The number of sulfonamides is 1. The molecule has 1 aliphatic rings. The van der Waals surface area contributed by atoms with Gasteiger partial charge in [0.1, 0.15) is 0 Å². The van der Waals surface area contributed by atoms with E-state index in [9.17, 15) is 18.0 Å². The van der Waals surface area contributed by atoms with E-state index in [-0.39, 0.29) is 17.3 Å². The van der Waals surface area contributed by atoms with Crippen molar-refractivity contribution in [3.05, 3.63) is 65.7 Å². The van der Waals surface area contributed by atoms with E-state index in [0.717, 1.165) is 5.56 Å². The van der Waals surface area contributed by atoms with E-state index in [1.165, 1.54) is 28.6 Å². The van der Waals surface area contributed by atoms with Crippen molar-refractivity contribution in [3.63, 3.8) is 0 Å². The SMILES string of the molecule is CC(C)(C)C(=O)COC(=O)/C=C/c1ccc(S(=O)(=O)N2CCc3ccccc32)cc1. The monoisotopic (exact) mass is 427 g/mol. The number of esters is 1. The lowest BCUT2D eigenvalue weighted by Gasteiger charge is -2.19. The van der Waals surface area contributed by atoms with E-state index < -0.39 is 21.4 Å². The Kier molecular flexibility index (Phi) is 6.12. The maximum atomic E-state index is 13.0. The first kappa shape index (κ1) is 21.8. The Morgan fingerprint density at radius 2 is 1.73 bits per heavy atom. The van der Waals surface area contributed by atoms with Crippen LogP contribution in [0.3, 0.4) is 0 Å². The van der Waals surface area contributed by atoms with Crippen LogP contribution < -0.4 is 4.31 Å². The van der Waals surface area contributed by atoms with Crippen molar-refractivity contribution in [3.8, 4) is 0 Å². The Hall–Kier alpha value is -2.93. The maximum Gasteiger partial charge on any atom is 0.331 e. The first-order chi connectivity index (χ1) is 14.1. The van der Waals surface area contributed by atoms with Gasteiger partial charge in [-0.05, 0) is 41.8 Å². The van der Waals surface area contributed by atoms with Crippen LogP contribution in [0.15, 0.2) is 59.5 Å². The number of para-hydroxylation sites is 1. The largest absolute Gasteiger partial charge is 0.455 e. The first-order valence-electron chi connectivity index (χ1n) is 9.68. The molecule has 0 saturated heterocycles. The summed E-state index contributed by atoms with van der Waals surface area (Å²) in [5.41, 5.74) is 1.81. The fraction of sp³-hybridized carbons (Fsp3) is 0.304. The predicted octanol–water partition coefficient (Wildman–Crippen LogP) is 3.61. The highest BCUT2D eigenvalue weighted by Gasteiger charge is 2.30. The molecule has 0 radical (unpaired) electrons. The number of anilines is 1. The maximum absolute atomic E-state index is 13.0. The Bertz CT molecular complexity index is 1080. The third kappa shape index (κ3) is 4.79. The highest BCUT2D eigenvalue weighted by atomic mass is 32.2. The van der Waals surface area contributed by atoms with Crippen molar-refractivity contribution >= 4 is 33.5 Å². The average molecular weight is 428 g/mol. The minimum atomic E-state index is -3.65. The minimum absolute atomic E-state index is 0.165. The van der Waals surface area contributed by atoms with Crippen LogP contribution >= 0.6 is 0 Å². The summed E-state index contributed by atoms with van der Waals surface area (Å²) in [4.78, 5) is 23.8. The van der Waals surface area contributed by atoms with E-state index in [0.29, 0.717) is 24.2 Å². The Morgan fingerprint density at radius 1 is 1.07 bits per heavy atom. The molecule has 0 amide bonds. The summed E-state index contributed by atoms with van der Waals surface area (Å²) in [6.07, 6.45) is 3.43. The Morgan fingerprint density at radius 3 is 2.40 bits per heavy atom. The molecular weight excluding hydrogens is 402 g/mol. The molecule has 7 heteroatoms. The molecule has 0 atom stereocenters. The van der Waals surface area contributed by atoms with Gasteiger partial charge in [0, 0.05) is 18.0 Å². The van der Waals surface area contributed by atoms with Gasteiger partial charge >= 0.3 is 5.97 Å². The van der Waals surface area contributed by atoms with E-state index in [2.05, 4.69) is 0 Å². The third-order valence-corrected chi connectivity index (χ3v) is 6.73. The number of Topliss-reactive ketones (excluding diaryl/α,β-unsaturated/α-hetero) is 1. The van der Waals surface area contributed by atoms with Crippen molar-refractivity contribution < 1.29 is 22.7 Å². The lowest BCUT2D eigenvalue weighted by molar-refractivity contribution is -0.145. The third-order valence-electron chi connectivity index (χ3n) is 4.91. The van der Waals surface area contributed by atoms with Crippen LogP contribution in [0.25, 0.3) is 6.08 Å². The lowest BCUT2D eigenvalue weighted by atomic mass is 9.91. The number of carbonyl (C=O) groups is 2. The molecule has 0 N–H and O–H groups in total. The highest BCUT2D eigenvalue weighted by molar-refractivity contribution is 7.92. The van der Waals surface area contributed by atoms with Crippen LogP contribution in [0.4, 0.5) is 5.69 Å². The fourth-order valence-electron chi connectivity index (χ4n) is 3.00. The number of hydrogen-bond donors (Lipinski definition) is 0. The topological polar surface area (TPSA) is 80.8 Å². The normalized spacial score (nSPS) is 14.0. The second-order valence-electron chi connectivity index (χ2n) is 8.14. The molecule has 0 spiro atoms. The van der Waals surface area contributed by atoms with E-state index >= 15 is 0 Å². The van der Waals surface area contributed by atoms with Crippen molar-refractivity contribution in [1.29, 1.82) is 0 Å². The molecule has 0 aromatic heterocycles. The van der Waals surface area contributed by atoms with Crippen LogP contribution in [0.1, 0.15) is 31.9 Å². The van der Waals surface area contributed by atoms with Gasteiger partial charge in [-0.25, -0.2) is 13.2 Å². The van der Waals surface area contributed by atoms with E-state index in [4.69, 9.17) is 4.74 Å². The van der Waals surface area contributed by atoms with Crippen LogP contribution in [0.2, 0.25) is 0 Å². The molecule has 1 heterocycles. The smallest absolute Gasteiger partial charge is 0.331 e. The second-order valence-corrected chi connectivity index (χ2v) is 10.0. The number of carbonyl (C=O) groups excluding carboxylic acids is 2. The zero-order chi connectivity index (χ0) is 21.9. The zero-order valence-corrected chi connectivity index (χ0v) is 18.1. The highest BCUT2D eigenvalue weighted by Crippen LogP contribution is 2.32. The molecular formula is C23H25NO5S. The molecule has 0 unspecified atom stereocenters. The Balaban J connectivity index is 1.66. The molecule has 3 rings (SSSR count). The molecule has 0 fully saturated rings. The van der Waals surface area contributed by atoms with Gasteiger partial charge in [0.15, 0.2) is 12.4 Å². The summed E-state index contributed by atoms with van der Waals surface area (Å²) < 4.78 is 32.4. The van der Waals surface area contributed by atoms with Crippen LogP contribution in [-0.4, -0.2) is 33.3 Å². The number of fused-ring (bicyclic) bond motifs is 1. The van der Waals surface area contributed by atoms with Gasteiger partial charge in [-0.3, -0.25) is 9.10 Å². The molecule has 0 aliphatic carbocycles. The second kappa shape index (κ2) is 8.44. The van der Waals surface area contributed by atoms with Gasteiger partial charge in [-0.15, -0.1) is 0 Å². The van der Waals surface area contributed by atoms with E-state index in [1.807, 2.05) is 24.3 Å². The quantitative estimate of drug-likeness (QED) is 0.520. The van der Waals surface area contributed by atoms with Crippen molar-refractivity contribution in [2.24, 2.45) is 5.41 Å². The van der Waals surface area contributed by atoms with E-state index in [1.54, 1.807) is 32.9 Å². The van der Waals surface area contributed by atoms with Crippen molar-refractivity contribution in [2.75, 3.05) is 17.5 Å². The van der Waals surface area contributed by atoms with Gasteiger partial charge in [0.2, 0.25) is 0 Å². The number of nitrogens with zero attached hydrogens (tertiary/aromatic N) is 1. The summed E-state index contributed by atoms with van der Waals surface area (Å²) >= 11 is 0. The van der Waals surface area contributed by atoms with Crippen molar-refractivity contribution in [2.45, 2.75) is 32.1 Å². The molecule has 6 nitrogen and oxygen atoms in total. The Labute approximate surface area is 177 Å². The van der Waals surface area contributed by atoms with Gasteiger partial charge < -0.3 is 4.74 Å². The molecule has 158 valence electrons.